The first kappa shape index (κ1) is 16.6. The number of amidine groups is 1. The van der Waals surface area contributed by atoms with E-state index in [1.165, 1.54) is 24.0 Å². The van der Waals surface area contributed by atoms with E-state index >= 15 is 0 Å². The van der Waals surface area contributed by atoms with Crippen LogP contribution in [-0.4, -0.2) is 21.3 Å². The van der Waals surface area contributed by atoms with Crippen LogP contribution in [-0.2, 0) is 12.5 Å². The molecular weight excluding hydrogens is 372 g/mol. The Bertz CT molecular complexity index is 867. The summed E-state index contributed by atoms with van der Waals surface area (Å²) in [6.45, 7) is 0. The van der Waals surface area contributed by atoms with Crippen LogP contribution in [0.25, 0.3) is 0 Å². The van der Waals surface area contributed by atoms with Crippen LogP contribution in [0.15, 0.2) is 50.9 Å². The molecule has 1 saturated carbocycles. The first-order valence-corrected chi connectivity index (χ1v) is 8.39. The molecule has 1 fully saturated rings. The van der Waals surface area contributed by atoms with Gasteiger partial charge in [0.1, 0.15) is 5.84 Å². The van der Waals surface area contributed by atoms with Gasteiger partial charge in [0.25, 0.3) is 5.91 Å². The topological polar surface area (TPSA) is 90.3 Å². The third kappa shape index (κ3) is 2.91. The Balaban J connectivity index is 1.93. The van der Waals surface area contributed by atoms with E-state index in [0.29, 0.717) is 5.84 Å². The third-order valence-electron chi connectivity index (χ3n) is 4.51. The molecule has 2 aromatic rings. The minimum atomic E-state index is -0.487. The molecule has 0 bridgehead atoms. The van der Waals surface area contributed by atoms with E-state index < -0.39 is 11.6 Å². The maximum absolute atomic E-state index is 12.4. The van der Waals surface area contributed by atoms with Gasteiger partial charge in [-0.25, -0.2) is 9.78 Å². The Labute approximate surface area is 147 Å². The predicted octanol–water partition coefficient (Wildman–Crippen LogP) is 2.16. The van der Waals surface area contributed by atoms with Crippen molar-refractivity contribution in [1.29, 1.82) is 0 Å². The summed E-state index contributed by atoms with van der Waals surface area (Å²) in [5.41, 5.74) is 6.71. The van der Waals surface area contributed by atoms with Gasteiger partial charge in [0, 0.05) is 23.9 Å². The molecule has 2 N–H and O–H groups in total. The van der Waals surface area contributed by atoms with E-state index in [9.17, 15) is 9.59 Å². The molecule has 1 heterocycles. The van der Waals surface area contributed by atoms with Gasteiger partial charge in [0.15, 0.2) is 0 Å². The molecule has 1 aliphatic rings. The smallest absolute Gasteiger partial charge is 0.347 e. The average Bonchev–Trinajstić information content (AvgIpc) is 2.50. The van der Waals surface area contributed by atoms with Crippen molar-refractivity contribution in [3.63, 3.8) is 0 Å². The van der Waals surface area contributed by atoms with Gasteiger partial charge in [-0.3, -0.25) is 4.79 Å². The number of nitrogens with two attached hydrogens (primary N) is 1. The molecule has 1 aromatic carbocycles. The number of aryl methyl sites for hydroxylation is 1. The number of aromatic nitrogens is 2. The van der Waals surface area contributed by atoms with Crippen molar-refractivity contribution in [3.8, 4) is 0 Å². The van der Waals surface area contributed by atoms with Gasteiger partial charge >= 0.3 is 5.69 Å². The average molecular weight is 389 g/mol. The molecule has 0 aliphatic heterocycles. The zero-order valence-electron chi connectivity index (χ0n) is 13.2. The summed E-state index contributed by atoms with van der Waals surface area (Å²) in [6, 6.07) is 7.93. The van der Waals surface area contributed by atoms with Crippen LogP contribution in [0.1, 0.15) is 35.2 Å². The van der Waals surface area contributed by atoms with Crippen LogP contribution in [0.5, 0.6) is 0 Å². The molecule has 0 saturated heterocycles. The summed E-state index contributed by atoms with van der Waals surface area (Å²) < 4.78 is 2.23. The highest BCUT2D eigenvalue weighted by atomic mass is 79.9. The van der Waals surface area contributed by atoms with Crippen molar-refractivity contribution in [2.45, 2.75) is 24.7 Å². The van der Waals surface area contributed by atoms with E-state index in [0.717, 1.165) is 29.3 Å². The van der Waals surface area contributed by atoms with Gasteiger partial charge in [-0.05, 0) is 30.5 Å². The van der Waals surface area contributed by atoms with Gasteiger partial charge in [0.05, 0.1) is 11.0 Å². The standard InChI is InChI=1S/C17H17BrN4O2/c1-22-10-11(9-20-16(22)24)14(23)21-15(19)17(7-2-8-17)12-3-5-13(18)6-4-12/h3-6,9-10H,2,7-8H2,1H3,(H2,19,21,23). The SMILES string of the molecule is Cn1cc(C(=O)N=C(N)C2(c3ccc(Br)cc3)CCC2)cnc1=O. The van der Waals surface area contributed by atoms with Crippen molar-refractivity contribution in [1.82, 2.24) is 9.55 Å². The lowest BCUT2D eigenvalue weighted by atomic mass is 9.63. The molecule has 3 rings (SSSR count). The van der Waals surface area contributed by atoms with Gasteiger partial charge in [-0.2, -0.15) is 4.99 Å². The van der Waals surface area contributed by atoms with Gasteiger partial charge in [-0.1, -0.05) is 34.5 Å². The second kappa shape index (κ2) is 6.32. The van der Waals surface area contributed by atoms with Crippen LogP contribution in [0, 0.1) is 0 Å². The molecule has 24 heavy (non-hydrogen) atoms. The number of carbonyl (C=O) groups excluding carboxylic acids is 1. The normalized spacial score (nSPS) is 16.5. The summed E-state index contributed by atoms with van der Waals surface area (Å²) in [4.78, 5) is 31.4. The number of aliphatic imine (C=N–C) groups is 1. The fraction of sp³-hybridized carbons (Fsp3) is 0.294. The summed E-state index contributed by atoms with van der Waals surface area (Å²) in [7, 11) is 1.54. The summed E-state index contributed by atoms with van der Waals surface area (Å²) in [6.07, 6.45) is 5.42. The van der Waals surface area contributed by atoms with Crippen LogP contribution in [0.4, 0.5) is 0 Å². The molecule has 0 atom stereocenters. The molecule has 0 radical (unpaired) electrons. The zero-order valence-corrected chi connectivity index (χ0v) is 14.8. The maximum Gasteiger partial charge on any atom is 0.347 e. The first-order valence-electron chi connectivity index (χ1n) is 7.60. The molecule has 1 aromatic heterocycles. The second-order valence-electron chi connectivity index (χ2n) is 5.98. The summed E-state index contributed by atoms with van der Waals surface area (Å²) >= 11 is 3.42. The van der Waals surface area contributed by atoms with Crippen LogP contribution >= 0.6 is 15.9 Å². The van der Waals surface area contributed by atoms with Crippen molar-refractivity contribution < 1.29 is 4.79 Å². The largest absolute Gasteiger partial charge is 0.386 e. The van der Waals surface area contributed by atoms with E-state index in [-0.39, 0.29) is 11.0 Å². The number of halogens is 1. The maximum atomic E-state index is 12.4. The highest BCUT2D eigenvalue weighted by Crippen LogP contribution is 2.44. The number of carbonyl (C=O) groups is 1. The molecule has 124 valence electrons. The zero-order chi connectivity index (χ0) is 17.3. The van der Waals surface area contributed by atoms with E-state index in [2.05, 4.69) is 25.9 Å². The van der Waals surface area contributed by atoms with Gasteiger partial charge in [0.2, 0.25) is 0 Å². The number of rotatable bonds is 3. The molecule has 1 amide bonds. The van der Waals surface area contributed by atoms with Crippen molar-refractivity contribution >= 4 is 27.7 Å². The molecule has 6 nitrogen and oxygen atoms in total. The van der Waals surface area contributed by atoms with E-state index in [1.807, 2.05) is 24.3 Å². The van der Waals surface area contributed by atoms with Crippen LogP contribution in [0.3, 0.4) is 0 Å². The van der Waals surface area contributed by atoms with Crippen molar-refractivity contribution in [2.75, 3.05) is 0 Å². The predicted molar refractivity (Wildman–Crippen MR) is 95.1 cm³/mol. The highest BCUT2D eigenvalue weighted by Gasteiger charge is 2.42. The van der Waals surface area contributed by atoms with E-state index in [4.69, 9.17) is 5.73 Å². The Hall–Kier alpha value is -2.28. The lowest BCUT2D eigenvalue weighted by Gasteiger charge is -2.41. The minimum Gasteiger partial charge on any atom is -0.386 e. The van der Waals surface area contributed by atoms with Crippen molar-refractivity contribution in [3.05, 3.63) is 62.7 Å². The number of benzene rings is 1. The van der Waals surface area contributed by atoms with Crippen LogP contribution in [0.2, 0.25) is 0 Å². The molecule has 7 heteroatoms. The monoisotopic (exact) mass is 388 g/mol. The van der Waals surface area contributed by atoms with Crippen LogP contribution < -0.4 is 11.4 Å². The summed E-state index contributed by atoms with van der Waals surface area (Å²) in [5, 5.41) is 0. The van der Waals surface area contributed by atoms with E-state index in [1.54, 1.807) is 0 Å². The lowest BCUT2D eigenvalue weighted by Crippen LogP contribution is -2.47. The molecule has 0 spiro atoms. The highest BCUT2D eigenvalue weighted by molar-refractivity contribution is 9.10. The van der Waals surface area contributed by atoms with Gasteiger partial charge < -0.3 is 10.3 Å². The number of nitrogens with zero attached hydrogens (tertiary/aromatic N) is 3. The lowest BCUT2D eigenvalue weighted by molar-refractivity contribution is 0.1000. The minimum absolute atomic E-state index is 0.241. The Morgan fingerprint density at radius 3 is 2.54 bits per heavy atom. The Morgan fingerprint density at radius 2 is 2.00 bits per heavy atom. The Kier molecular flexibility index (Phi) is 4.36. The second-order valence-corrected chi connectivity index (χ2v) is 6.90. The number of amides is 1. The third-order valence-corrected chi connectivity index (χ3v) is 5.04. The molecule has 1 aliphatic carbocycles. The molecular formula is C17H17BrN4O2. The number of hydrogen-bond acceptors (Lipinski definition) is 3. The summed E-state index contributed by atoms with van der Waals surface area (Å²) in [5.74, 6) is -0.172. The van der Waals surface area contributed by atoms with Gasteiger partial charge in [-0.15, -0.1) is 0 Å². The number of hydrogen-bond donors (Lipinski definition) is 1. The van der Waals surface area contributed by atoms with Crippen molar-refractivity contribution in [2.24, 2.45) is 17.8 Å². The quantitative estimate of drug-likeness (QED) is 0.644. The Morgan fingerprint density at radius 1 is 1.33 bits per heavy atom. The molecule has 0 unspecified atom stereocenters. The fourth-order valence-electron chi connectivity index (χ4n) is 2.90. The first-order chi connectivity index (χ1) is 11.4. The fourth-order valence-corrected chi connectivity index (χ4v) is 3.16.